The van der Waals surface area contributed by atoms with E-state index in [-0.39, 0.29) is 5.41 Å². The molecule has 0 fully saturated rings. The maximum atomic E-state index is 6.03. The second kappa shape index (κ2) is 10.5. The van der Waals surface area contributed by atoms with Gasteiger partial charge in [-0.25, -0.2) is 4.98 Å². The highest BCUT2D eigenvalue weighted by molar-refractivity contribution is 7.14. The average Bonchev–Trinajstić information content (AvgIpc) is 3.32. The maximum absolute atomic E-state index is 6.03. The molecule has 0 saturated heterocycles. The van der Waals surface area contributed by atoms with E-state index in [1.165, 1.54) is 16.9 Å². The lowest BCUT2D eigenvalue weighted by molar-refractivity contribution is 0.296. The van der Waals surface area contributed by atoms with Gasteiger partial charge in [0.2, 0.25) is 5.13 Å². The molecule has 3 aromatic carbocycles. The Labute approximate surface area is 205 Å². The number of rotatable bonds is 8. The van der Waals surface area contributed by atoms with Crippen molar-refractivity contribution in [3.05, 3.63) is 94.9 Å². The number of hydrazone groups is 1. The van der Waals surface area contributed by atoms with Gasteiger partial charge in [0.1, 0.15) is 18.1 Å². The number of nitrogens with zero attached hydrogens (tertiary/aromatic N) is 2. The molecule has 0 amide bonds. The summed E-state index contributed by atoms with van der Waals surface area (Å²) in [6, 6.07) is 24.3. The van der Waals surface area contributed by atoms with E-state index in [4.69, 9.17) is 9.47 Å². The first-order valence-electron chi connectivity index (χ1n) is 11.1. The molecule has 0 spiro atoms. The van der Waals surface area contributed by atoms with Crippen LogP contribution >= 0.6 is 11.3 Å². The van der Waals surface area contributed by atoms with Crippen molar-refractivity contribution in [1.29, 1.82) is 0 Å². The summed E-state index contributed by atoms with van der Waals surface area (Å²) in [5.41, 5.74) is 8.32. The molecule has 0 aliphatic carbocycles. The third kappa shape index (κ3) is 6.02. The number of nitrogens with one attached hydrogen (secondary N) is 1. The number of anilines is 1. The Balaban J connectivity index is 1.40. The van der Waals surface area contributed by atoms with Gasteiger partial charge >= 0.3 is 0 Å². The monoisotopic (exact) mass is 471 g/mol. The Kier molecular flexibility index (Phi) is 7.28. The fourth-order valence-electron chi connectivity index (χ4n) is 3.43. The van der Waals surface area contributed by atoms with Crippen LogP contribution in [0.4, 0.5) is 5.13 Å². The van der Waals surface area contributed by atoms with Crippen LogP contribution in [-0.2, 0) is 12.0 Å². The second-order valence-electron chi connectivity index (χ2n) is 8.91. The molecule has 6 heteroatoms. The molecule has 34 heavy (non-hydrogen) atoms. The predicted octanol–water partition coefficient (Wildman–Crippen LogP) is 7.14. The topological polar surface area (TPSA) is 55.7 Å². The normalized spacial score (nSPS) is 11.5. The van der Waals surface area contributed by atoms with Crippen LogP contribution in [-0.4, -0.2) is 18.3 Å². The summed E-state index contributed by atoms with van der Waals surface area (Å²) >= 11 is 1.52. The van der Waals surface area contributed by atoms with Gasteiger partial charge < -0.3 is 9.47 Å². The van der Waals surface area contributed by atoms with Crippen LogP contribution in [0.25, 0.3) is 11.3 Å². The average molecular weight is 472 g/mol. The Morgan fingerprint density at radius 1 is 1.00 bits per heavy atom. The predicted molar refractivity (Wildman–Crippen MR) is 141 cm³/mol. The summed E-state index contributed by atoms with van der Waals surface area (Å²) in [7, 11) is 1.67. The molecule has 0 aliphatic rings. The van der Waals surface area contributed by atoms with Gasteiger partial charge in [-0.1, -0.05) is 63.2 Å². The highest BCUT2D eigenvalue weighted by atomic mass is 32.1. The molecular weight excluding hydrogens is 442 g/mol. The first-order valence-corrected chi connectivity index (χ1v) is 12.0. The Bertz CT molecular complexity index is 1240. The molecule has 0 radical (unpaired) electrons. The van der Waals surface area contributed by atoms with Crippen molar-refractivity contribution in [3.63, 3.8) is 0 Å². The molecule has 1 aromatic heterocycles. The highest BCUT2D eigenvalue weighted by Gasteiger charge is 2.13. The fraction of sp³-hybridized carbons (Fsp3) is 0.214. The smallest absolute Gasteiger partial charge is 0.203 e. The number of methoxy groups -OCH3 is 1. The number of hydrogen-bond acceptors (Lipinski definition) is 6. The zero-order valence-electron chi connectivity index (χ0n) is 19.9. The summed E-state index contributed by atoms with van der Waals surface area (Å²) in [5, 5.41) is 7.12. The minimum atomic E-state index is 0.116. The molecule has 0 atom stereocenters. The van der Waals surface area contributed by atoms with Gasteiger partial charge in [0.05, 0.1) is 19.0 Å². The lowest BCUT2D eigenvalue weighted by Crippen LogP contribution is -2.10. The van der Waals surface area contributed by atoms with Gasteiger partial charge in [0.25, 0.3) is 0 Å². The molecule has 0 unspecified atom stereocenters. The minimum absolute atomic E-state index is 0.116. The third-order valence-electron chi connectivity index (χ3n) is 5.37. The van der Waals surface area contributed by atoms with E-state index in [1.807, 2.05) is 66.0 Å². The molecule has 4 aromatic rings. The van der Waals surface area contributed by atoms with Gasteiger partial charge in [-0.3, -0.25) is 5.43 Å². The van der Waals surface area contributed by atoms with E-state index >= 15 is 0 Å². The zero-order valence-corrected chi connectivity index (χ0v) is 20.7. The maximum Gasteiger partial charge on any atom is 0.203 e. The van der Waals surface area contributed by atoms with Crippen molar-refractivity contribution in [1.82, 2.24) is 4.98 Å². The Hall–Kier alpha value is -3.64. The van der Waals surface area contributed by atoms with Crippen molar-refractivity contribution in [2.24, 2.45) is 5.10 Å². The highest BCUT2D eigenvalue weighted by Crippen LogP contribution is 2.27. The number of thiazole rings is 1. The van der Waals surface area contributed by atoms with E-state index in [9.17, 15) is 0 Å². The van der Waals surface area contributed by atoms with E-state index < -0.39 is 0 Å². The van der Waals surface area contributed by atoms with Crippen LogP contribution in [0.3, 0.4) is 0 Å². The van der Waals surface area contributed by atoms with Gasteiger partial charge in [-0.15, -0.1) is 11.3 Å². The Morgan fingerprint density at radius 2 is 1.76 bits per heavy atom. The molecule has 1 heterocycles. The van der Waals surface area contributed by atoms with Gasteiger partial charge in [0, 0.05) is 16.5 Å². The van der Waals surface area contributed by atoms with Crippen molar-refractivity contribution >= 4 is 22.7 Å². The summed E-state index contributed by atoms with van der Waals surface area (Å²) < 4.78 is 11.6. The van der Waals surface area contributed by atoms with Gasteiger partial charge in [0.15, 0.2) is 0 Å². The second-order valence-corrected chi connectivity index (χ2v) is 9.77. The van der Waals surface area contributed by atoms with Gasteiger partial charge in [-0.2, -0.15) is 5.10 Å². The molecule has 1 N–H and O–H groups in total. The standard InChI is InChI=1S/C28H29N3O2S/c1-28(2,3)23-11-13-24(14-12-23)33-18-22-16-20(10-15-26(22)32-4)17-29-31-27-30-25(19-34-27)21-8-6-5-7-9-21/h5-17,19H,18H2,1-4H3,(H,30,31). The van der Waals surface area contributed by atoms with Crippen LogP contribution in [0, 0.1) is 0 Å². The first-order chi connectivity index (χ1) is 16.4. The van der Waals surface area contributed by atoms with Crippen LogP contribution in [0.15, 0.2) is 83.3 Å². The van der Waals surface area contributed by atoms with E-state index in [0.29, 0.717) is 6.61 Å². The Morgan fingerprint density at radius 3 is 2.47 bits per heavy atom. The van der Waals surface area contributed by atoms with Crippen molar-refractivity contribution in [3.8, 4) is 22.8 Å². The van der Waals surface area contributed by atoms with E-state index in [2.05, 4.69) is 48.4 Å². The lowest BCUT2D eigenvalue weighted by atomic mass is 9.87. The molecule has 4 rings (SSSR count). The third-order valence-corrected chi connectivity index (χ3v) is 6.11. The number of aromatic nitrogens is 1. The van der Waals surface area contributed by atoms with Gasteiger partial charge in [-0.05, 0) is 46.9 Å². The van der Waals surface area contributed by atoms with Crippen molar-refractivity contribution < 1.29 is 9.47 Å². The van der Waals surface area contributed by atoms with Crippen molar-refractivity contribution in [2.45, 2.75) is 32.8 Å². The number of benzene rings is 3. The van der Waals surface area contributed by atoms with E-state index in [0.717, 1.165) is 39.0 Å². The zero-order chi connectivity index (χ0) is 24.0. The molecule has 174 valence electrons. The van der Waals surface area contributed by atoms with Crippen molar-refractivity contribution in [2.75, 3.05) is 12.5 Å². The quantitative estimate of drug-likeness (QED) is 0.219. The van der Waals surface area contributed by atoms with E-state index in [1.54, 1.807) is 13.3 Å². The SMILES string of the molecule is COc1ccc(C=NNc2nc(-c3ccccc3)cs2)cc1COc1ccc(C(C)(C)C)cc1. The largest absolute Gasteiger partial charge is 0.496 e. The summed E-state index contributed by atoms with van der Waals surface area (Å²) in [6.07, 6.45) is 1.77. The lowest BCUT2D eigenvalue weighted by Gasteiger charge is -2.19. The number of ether oxygens (including phenoxy) is 2. The summed E-state index contributed by atoms with van der Waals surface area (Å²) in [6.45, 7) is 7.01. The van der Waals surface area contributed by atoms with Crippen LogP contribution in [0.2, 0.25) is 0 Å². The van der Waals surface area contributed by atoms with Crippen LogP contribution in [0.1, 0.15) is 37.5 Å². The molecular formula is C28H29N3O2S. The molecule has 0 saturated carbocycles. The fourth-order valence-corrected chi connectivity index (χ4v) is 4.10. The molecule has 0 bridgehead atoms. The number of hydrogen-bond donors (Lipinski definition) is 1. The van der Waals surface area contributed by atoms with Crippen LogP contribution < -0.4 is 14.9 Å². The first kappa shape index (κ1) is 23.5. The molecule has 5 nitrogen and oxygen atoms in total. The summed E-state index contributed by atoms with van der Waals surface area (Å²) in [4.78, 5) is 4.59. The summed E-state index contributed by atoms with van der Waals surface area (Å²) in [5.74, 6) is 1.61. The van der Waals surface area contributed by atoms with Crippen LogP contribution in [0.5, 0.6) is 11.5 Å². The molecule has 0 aliphatic heterocycles. The minimum Gasteiger partial charge on any atom is -0.496 e.